The monoisotopic (exact) mass is 183 g/mol. The van der Waals surface area contributed by atoms with E-state index in [1.807, 2.05) is 7.05 Å². The molecule has 2 N–H and O–H groups in total. The van der Waals surface area contributed by atoms with Gasteiger partial charge in [-0.05, 0) is 20.0 Å². The Morgan fingerprint density at radius 1 is 1.45 bits per heavy atom. The lowest BCUT2D eigenvalue weighted by atomic mass is 10.3. The number of nitrogens with one attached hydrogen (secondary N) is 1. The Morgan fingerprint density at radius 3 is 1.91 bits per heavy atom. The minimum Gasteiger partial charge on any atom is -0.320 e. The van der Waals surface area contributed by atoms with Crippen molar-refractivity contribution in [3.05, 3.63) is 0 Å². The minimum absolute atomic E-state index is 0.715. The molecule has 70 valence electrons. The smallest absolute Gasteiger partial charge is 0.261 e. The van der Waals surface area contributed by atoms with Gasteiger partial charge in [-0.15, -0.1) is 0 Å². The third-order valence-corrected chi connectivity index (χ3v) is 0.780. The zero-order valence-corrected chi connectivity index (χ0v) is 8.11. The van der Waals surface area contributed by atoms with Gasteiger partial charge in [-0.2, -0.15) is 8.42 Å². The van der Waals surface area contributed by atoms with E-state index in [1.165, 1.54) is 12.8 Å². The van der Waals surface area contributed by atoms with Gasteiger partial charge in [-0.1, -0.05) is 13.3 Å². The Kier molecular flexibility index (Phi) is 9.75. The molecule has 0 aromatic heterocycles. The predicted molar refractivity (Wildman–Crippen MR) is 46.3 cm³/mol. The number of unbranched alkanes of at least 4 members (excludes halogenated alkanes) is 1. The van der Waals surface area contributed by atoms with E-state index in [1.54, 1.807) is 0 Å². The summed E-state index contributed by atoms with van der Waals surface area (Å²) in [4.78, 5) is 0. The zero-order chi connectivity index (χ0) is 9.33. The van der Waals surface area contributed by atoms with E-state index in [0.29, 0.717) is 6.26 Å². The molecule has 0 amide bonds. The van der Waals surface area contributed by atoms with E-state index in [0.717, 1.165) is 6.54 Å². The fourth-order valence-corrected chi connectivity index (χ4v) is 0.354. The Hall–Kier alpha value is -0.130. The fraction of sp³-hybridized carbons (Fsp3) is 1.00. The van der Waals surface area contributed by atoms with Gasteiger partial charge < -0.3 is 5.32 Å². The van der Waals surface area contributed by atoms with Crippen LogP contribution in [0.2, 0.25) is 0 Å². The molecule has 0 rings (SSSR count). The normalized spacial score (nSPS) is 10.2. The highest BCUT2D eigenvalue weighted by Crippen LogP contribution is 1.79. The van der Waals surface area contributed by atoms with Crippen LogP contribution in [-0.4, -0.2) is 32.8 Å². The SMILES string of the molecule is CCCCNC.CS(=O)(=O)O. The average molecular weight is 183 g/mol. The van der Waals surface area contributed by atoms with E-state index < -0.39 is 10.1 Å². The van der Waals surface area contributed by atoms with Gasteiger partial charge in [0.15, 0.2) is 0 Å². The summed E-state index contributed by atoms with van der Waals surface area (Å²) in [7, 11) is -1.68. The highest BCUT2D eigenvalue weighted by Gasteiger charge is 1.81. The van der Waals surface area contributed by atoms with Crippen molar-refractivity contribution in [3.63, 3.8) is 0 Å². The Balaban J connectivity index is 0. The first-order valence-electron chi connectivity index (χ1n) is 3.48. The molecular weight excluding hydrogens is 166 g/mol. The number of hydrogen-bond acceptors (Lipinski definition) is 3. The van der Waals surface area contributed by atoms with Crippen molar-refractivity contribution in [1.29, 1.82) is 0 Å². The van der Waals surface area contributed by atoms with Crippen molar-refractivity contribution in [2.75, 3.05) is 19.8 Å². The summed E-state index contributed by atoms with van der Waals surface area (Å²) in [5, 5.41) is 3.07. The maximum atomic E-state index is 9.19. The molecule has 0 fully saturated rings. The third-order valence-electron chi connectivity index (χ3n) is 0.780. The van der Waals surface area contributed by atoms with Crippen LogP contribution >= 0.6 is 0 Å². The van der Waals surface area contributed by atoms with Crippen LogP contribution in [0.1, 0.15) is 19.8 Å². The van der Waals surface area contributed by atoms with E-state index in [9.17, 15) is 8.42 Å². The first-order valence-corrected chi connectivity index (χ1v) is 5.33. The molecule has 0 heterocycles. The van der Waals surface area contributed by atoms with Gasteiger partial charge in [0.25, 0.3) is 10.1 Å². The second-order valence-corrected chi connectivity index (χ2v) is 3.66. The van der Waals surface area contributed by atoms with Crippen molar-refractivity contribution in [2.24, 2.45) is 0 Å². The molecule has 0 aliphatic carbocycles. The minimum atomic E-state index is -3.67. The van der Waals surface area contributed by atoms with Crippen LogP contribution in [0.4, 0.5) is 0 Å². The first kappa shape index (κ1) is 13.5. The van der Waals surface area contributed by atoms with E-state index in [-0.39, 0.29) is 0 Å². The van der Waals surface area contributed by atoms with Crippen LogP contribution < -0.4 is 5.32 Å². The summed E-state index contributed by atoms with van der Waals surface area (Å²) in [5.74, 6) is 0. The Morgan fingerprint density at radius 2 is 1.82 bits per heavy atom. The van der Waals surface area contributed by atoms with Crippen LogP contribution in [0, 0.1) is 0 Å². The molecule has 4 nitrogen and oxygen atoms in total. The summed E-state index contributed by atoms with van der Waals surface area (Å²) in [6, 6.07) is 0. The third kappa shape index (κ3) is 74.2. The van der Waals surface area contributed by atoms with Crippen LogP contribution in [-0.2, 0) is 10.1 Å². The van der Waals surface area contributed by atoms with E-state index in [4.69, 9.17) is 4.55 Å². The van der Waals surface area contributed by atoms with Crippen molar-refractivity contribution in [2.45, 2.75) is 19.8 Å². The molecule has 0 aromatic rings. The van der Waals surface area contributed by atoms with Gasteiger partial charge >= 0.3 is 0 Å². The van der Waals surface area contributed by atoms with Crippen molar-refractivity contribution >= 4 is 10.1 Å². The van der Waals surface area contributed by atoms with Crippen LogP contribution in [0.3, 0.4) is 0 Å². The molecule has 0 bridgehead atoms. The molecule has 11 heavy (non-hydrogen) atoms. The molecule has 0 atom stereocenters. The van der Waals surface area contributed by atoms with Crippen molar-refractivity contribution < 1.29 is 13.0 Å². The van der Waals surface area contributed by atoms with E-state index in [2.05, 4.69) is 12.2 Å². The van der Waals surface area contributed by atoms with Gasteiger partial charge in [-0.3, -0.25) is 4.55 Å². The van der Waals surface area contributed by atoms with Crippen molar-refractivity contribution in [3.8, 4) is 0 Å². The quantitative estimate of drug-likeness (QED) is 0.494. The van der Waals surface area contributed by atoms with Gasteiger partial charge in [-0.25, -0.2) is 0 Å². The molecule has 0 spiro atoms. The zero-order valence-electron chi connectivity index (χ0n) is 7.29. The molecule has 0 saturated carbocycles. The molecule has 0 radical (unpaired) electrons. The molecule has 0 unspecified atom stereocenters. The summed E-state index contributed by atoms with van der Waals surface area (Å²) < 4.78 is 25.9. The lowest BCUT2D eigenvalue weighted by Gasteiger charge is -1.89. The molecule has 0 aromatic carbocycles. The summed E-state index contributed by atoms with van der Waals surface area (Å²) >= 11 is 0. The Bertz CT molecular complexity index is 141. The van der Waals surface area contributed by atoms with Gasteiger partial charge in [0, 0.05) is 0 Å². The molecule has 0 aliphatic heterocycles. The maximum absolute atomic E-state index is 9.19. The molecule has 0 aliphatic rings. The van der Waals surface area contributed by atoms with Gasteiger partial charge in [0.1, 0.15) is 0 Å². The second-order valence-electron chi connectivity index (χ2n) is 2.19. The lowest BCUT2D eigenvalue weighted by Crippen LogP contribution is -2.06. The second kappa shape index (κ2) is 7.97. The Labute approximate surface area is 68.7 Å². The number of rotatable bonds is 3. The van der Waals surface area contributed by atoms with Gasteiger partial charge in [0.05, 0.1) is 6.26 Å². The lowest BCUT2D eigenvalue weighted by molar-refractivity contribution is 0.490. The van der Waals surface area contributed by atoms with E-state index >= 15 is 0 Å². The maximum Gasteiger partial charge on any atom is 0.261 e. The van der Waals surface area contributed by atoms with Gasteiger partial charge in [0.2, 0.25) is 0 Å². The molecular formula is C6H17NO3S. The highest BCUT2D eigenvalue weighted by atomic mass is 32.2. The van der Waals surface area contributed by atoms with Crippen LogP contribution in [0.5, 0.6) is 0 Å². The molecule has 0 saturated heterocycles. The van der Waals surface area contributed by atoms with Crippen LogP contribution in [0.15, 0.2) is 0 Å². The van der Waals surface area contributed by atoms with Crippen LogP contribution in [0.25, 0.3) is 0 Å². The predicted octanol–water partition coefficient (Wildman–Crippen LogP) is 0.510. The summed E-state index contributed by atoms with van der Waals surface area (Å²) in [6.45, 7) is 3.36. The summed E-state index contributed by atoms with van der Waals surface area (Å²) in [6.07, 6.45) is 3.31. The first-order chi connectivity index (χ1) is 4.91. The topological polar surface area (TPSA) is 66.4 Å². The standard InChI is InChI=1S/C5H13N.CH4O3S/c1-3-4-5-6-2;1-5(2,3)4/h6H,3-5H2,1-2H3;1H3,(H,2,3,4). The fourth-order valence-electron chi connectivity index (χ4n) is 0.354. The van der Waals surface area contributed by atoms with Crippen molar-refractivity contribution in [1.82, 2.24) is 5.32 Å². The molecule has 5 heteroatoms. The average Bonchev–Trinajstić information content (AvgIpc) is 1.79. The number of hydrogen-bond donors (Lipinski definition) is 2. The largest absolute Gasteiger partial charge is 0.320 e. The summed E-state index contributed by atoms with van der Waals surface area (Å²) in [5.41, 5.74) is 0. The highest BCUT2D eigenvalue weighted by molar-refractivity contribution is 7.85.